The zero-order chi connectivity index (χ0) is 20.9. The first kappa shape index (κ1) is 22.8. The van der Waals surface area contributed by atoms with Crippen molar-refractivity contribution in [2.75, 3.05) is 0 Å². The molecule has 0 radical (unpaired) electrons. The molecule has 0 saturated heterocycles. The number of alkyl halides is 6. The molecule has 0 saturated carbocycles. The van der Waals surface area contributed by atoms with Gasteiger partial charge in [-0.05, 0) is 33.6 Å². The molecule has 148 valence electrons. The molecule has 0 heterocycles. The van der Waals surface area contributed by atoms with Crippen molar-refractivity contribution in [2.45, 2.75) is 12.4 Å². The molecule has 0 bridgehead atoms. The maximum absolute atomic E-state index is 14.9. The fourth-order valence-electron chi connectivity index (χ4n) is 2.58. The lowest BCUT2D eigenvalue weighted by Gasteiger charge is -2.44. The molecular weight excluding hydrogens is 646 g/mol. The second-order valence-corrected chi connectivity index (χ2v) is 13.0. The van der Waals surface area contributed by atoms with Gasteiger partial charge in [-0.2, -0.15) is 17.6 Å². The fraction of sp³-hybridized carbons (Fsp3) is 0.200. The van der Waals surface area contributed by atoms with Crippen molar-refractivity contribution in [3.8, 4) is 11.5 Å². The van der Waals surface area contributed by atoms with Crippen LogP contribution in [0.3, 0.4) is 0 Å². The van der Waals surface area contributed by atoms with E-state index in [1.54, 1.807) is 0 Å². The number of aromatic hydroxyl groups is 2. The third-order valence-corrected chi connectivity index (χ3v) is 6.14. The molecule has 2 aromatic carbocycles. The number of benzene rings is 2. The molecule has 1 unspecified atom stereocenters. The zero-order valence-corrected chi connectivity index (χ0v) is 18.8. The van der Waals surface area contributed by atoms with Gasteiger partial charge in [-0.15, -0.1) is 0 Å². The Kier molecular flexibility index (Phi) is 6.27. The van der Waals surface area contributed by atoms with Crippen molar-refractivity contribution in [1.82, 2.24) is 0 Å². The standard InChI is InChI=1S/C15H6Br4F6O2/c16-14(17,18)13(15(19,24)25,5-1-3-6(26)4-2-5)7-8(20)10(22)12(27)11(23)9(7)21/h1-4,26-27H. The first-order valence-electron chi connectivity index (χ1n) is 6.66. The Hall–Kier alpha value is -0.460. The first-order valence-corrected chi connectivity index (χ1v) is 9.83. The average molecular weight is 652 g/mol. The Morgan fingerprint density at radius 3 is 1.44 bits per heavy atom. The summed E-state index contributed by atoms with van der Waals surface area (Å²) in [6.45, 7) is 0. The molecule has 0 aliphatic heterocycles. The van der Waals surface area contributed by atoms with Crippen LogP contribution in [0.2, 0.25) is 0 Å². The van der Waals surface area contributed by atoms with Crippen LogP contribution in [-0.2, 0) is 5.41 Å². The SMILES string of the molecule is Oc1ccc(C(c2c(F)c(F)c(O)c(F)c2F)(C(F)(F)Br)C(Br)(Br)Br)cc1. The van der Waals surface area contributed by atoms with E-state index in [0.29, 0.717) is 0 Å². The highest BCUT2D eigenvalue weighted by Gasteiger charge is 2.67. The largest absolute Gasteiger partial charge is 0.508 e. The van der Waals surface area contributed by atoms with Gasteiger partial charge < -0.3 is 10.2 Å². The summed E-state index contributed by atoms with van der Waals surface area (Å²) in [5.41, 5.74) is -5.50. The van der Waals surface area contributed by atoms with Crippen LogP contribution >= 0.6 is 63.7 Å². The maximum Gasteiger partial charge on any atom is 0.318 e. The fourth-order valence-corrected chi connectivity index (χ4v) is 6.13. The monoisotopic (exact) mass is 648 g/mol. The molecule has 12 heteroatoms. The van der Waals surface area contributed by atoms with Gasteiger partial charge >= 0.3 is 4.83 Å². The van der Waals surface area contributed by atoms with Crippen molar-refractivity contribution < 1.29 is 36.6 Å². The van der Waals surface area contributed by atoms with Crippen LogP contribution in [0.1, 0.15) is 11.1 Å². The van der Waals surface area contributed by atoms with Crippen LogP contribution in [0.4, 0.5) is 26.3 Å². The highest BCUT2D eigenvalue weighted by molar-refractivity contribution is 9.39. The molecule has 1 atom stereocenters. The second kappa shape index (κ2) is 7.42. The quantitative estimate of drug-likeness (QED) is 0.219. The van der Waals surface area contributed by atoms with E-state index in [-0.39, 0.29) is 5.75 Å². The van der Waals surface area contributed by atoms with Gasteiger partial charge in [0.1, 0.15) is 11.2 Å². The highest BCUT2D eigenvalue weighted by atomic mass is 80.0. The molecule has 2 aromatic rings. The Morgan fingerprint density at radius 1 is 0.704 bits per heavy atom. The molecule has 0 aliphatic carbocycles. The van der Waals surface area contributed by atoms with Crippen LogP contribution in [0, 0.1) is 23.3 Å². The molecule has 0 fully saturated rings. The molecule has 0 aromatic heterocycles. The van der Waals surface area contributed by atoms with Crippen LogP contribution in [0.25, 0.3) is 0 Å². The third-order valence-electron chi connectivity index (χ3n) is 3.77. The van der Waals surface area contributed by atoms with E-state index in [0.717, 1.165) is 24.3 Å². The first-order chi connectivity index (χ1) is 12.2. The number of phenolic OH excluding ortho intramolecular Hbond substituents is 2. The summed E-state index contributed by atoms with van der Waals surface area (Å²) in [5, 5.41) is 18.6. The number of rotatable bonds is 3. The molecule has 0 aliphatic rings. The van der Waals surface area contributed by atoms with E-state index in [2.05, 4.69) is 47.8 Å². The van der Waals surface area contributed by atoms with Crippen LogP contribution in [-0.4, -0.2) is 17.2 Å². The van der Waals surface area contributed by atoms with Gasteiger partial charge in [0.05, 0.1) is 5.56 Å². The van der Waals surface area contributed by atoms with Crippen molar-refractivity contribution >= 4 is 63.7 Å². The maximum atomic E-state index is 14.9. The number of hydrogen-bond acceptors (Lipinski definition) is 2. The number of halogens is 10. The second-order valence-electron chi connectivity index (χ2n) is 5.27. The van der Waals surface area contributed by atoms with Gasteiger partial charge in [-0.1, -0.05) is 59.9 Å². The summed E-state index contributed by atoms with van der Waals surface area (Å²) in [5.74, 6) is -11.3. The smallest absolute Gasteiger partial charge is 0.318 e. The summed E-state index contributed by atoms with van der Waals surface area (Å²) in [6, 6.07) is 3.63. The summed E-state index contributed by atoms with van der Waals surface area (Å²) in [4.78, 5) is -4.25. The average Bonchev–Trinajstić information content (AvgIpc) is 2.54. The summed E-state index contributed by atoms with van der Waals surface area (Å²) < 4.78 is 84.6. The summed E-state index contributed by atoms with van der Waals surface area (Å²) >= 11 is 10.4. The Morgan fingerprint density at radius 2 is 1.11 bits per heavy atom. The van der Waals surface area contributed by atoms with E-state index < -0.39 is 52.5 Å². The van der Waals surface area contributed by atoms with Gasteiger partial charge in [0.2, 0.25) is 11.6 Å². The normalized spacial score (nSPS) is 14.9. The van der Waals surface area contributed by atoms with Crippen molar-refractivity contribution in [1.29, 1.82) is 0 Å². The van der Waals surface area contributed by atoms with E-state index >= 15 is 0 Å². The Labute approximate surface area is 182 Å². The van der Waals surface area contributed by atoms with Crippen LogP contribution < -0.4 is 0 Å². The van der Waals surface area contributed by atoms with Crippen molar-refractivity contribution in [3.63, 3.8) is 0 Å². The minimum atomic E-state index is -4.25. The lowest BCUT2D eigenvalue weighted by atomic mass is 9.75. The molecule has 0 amide bonds. The topological polar surface area (TPSA) is 40.5 Å². The molecule has 2 rings (SSSR count). The molecular formula is C15H6Br4F6O2. The predicted molar refractivity (Wildman–Crippen MR) is 100 cm³/mol. The van der Waals surface area contributed by atoms with Crippen LogP contribution in [0.5, 0.6) is 11.5 Å². The Balaban J connectivity index is 3.16. The molecule has 2 nitrogen and oxygen atoms in total. The number of phenols is 2. The van der Waals surface area contributed by atoms with Crippen molar-refractivity contribution in [2.24, 2.45) is 0 Å². The molecule has 27 heavy (non-hydrogen) atoms. The van der Waals surface area contributed by atoms with Gasteiger partial charge in [0, 0.05) is 0 Å². The summed E-state index contributed by atoms with van der Waals surface area (Å²) in [7, 11) is 0. The highest BCUT2D eigenvalue weighted by Crippen LogP contribution is 2.64. The van der Waals surface area contributed by atoms with Crippen molar-refractivity contribution in [3.05, 3.63) is 58.7 Å². The van der Waals surface area contributed by atoms with Gasteiger partial charge in [0.15, 0.2) is 19.5 Å². The molecule has 2 N–H and O–H groups in total. The minimum absolute atomic E-state index is 0.362. The van der Waals surface area contributed by atoms with E-state index in [1.807, 2.05) is 15.9 Å². The van der Waals surface area contributed by atoms with Gasteiger partial charge in [0.25, 0.3) is 0 Å². The lowest BCUT2D eigenvalue weighted by molar-refractivity contribution is 0.0417. The third kappa shape index (κ3) is 3.51. The van der Waals surface area contributed by atoms with E-state index in [4.69, 9.17) is 0 Å². The van der Waals surface area contributed by atoms with Gasteiger partial charge in [-0.25, -0.2) is 8.78 Å². The predicted octanol–water partition coefficient (Wildman–Crippen LogP) is 6.77. The van der Waals surface area contributed by atoms with E-state index in [9.17, 15) is 36.6 Å². The van der Waals surface area contributed by atoms with Gasteiger partial charge in [-0.3, -0.25) is 0 Å². The Bertz CT molecular complexity index is 835. The van der Waals surface area contributed by atoms with E-state index in [1.165, 1.54) is 0 Å². The lowest BCUT2D eigenvalue weighted by Crippen LogP contribution is -2.53. The summed E-state index contributed by atoms with van der Waals surface area (Å²) in [6.07, 6.45) is 0. The minimum Gasteiger partial charge on any atom is -0.508 e. The zero-order valence-electron chi connectivity index (χ0n) is 12.5. The molecule has 0 spiro atoms. The van der Waals surface area contributed by atoms with Crippen LogP contribution in [0.15, 0.2) is 24.3 Å². The number of hydrogen-bond donors (Lipinski definition) is 2.